The molecule has 21 heavy (non-hydrogen) atoms. The molecule has 2 rings (SSSR count). The maximum absolute atomic E-state index is 11.3. The number of aliphatic carboxylic acids is 1. The summed E-state index contributed by atoms with van der Waals surface area (Å²) in [5.41, 5.74) is 5.06. The number of carboxylic acids is 1. The molecule has 1 aliphatic rings. The number of ether oxygens (including phenoxy) is 2. The molecule has 1 aliphatic heterocycles. The van der Waals surface area contributed by atoms with Gasteiger partial charge in [0.25, 0.3) is 5.91 Å². The number of hydrogen-bond donors (Lipinski definition) is 3. The molecule has 0 aromatic heterocycles. The molecule has 8 nitrogen and oxygen atoms in total. The molecule has 1 unspecified atom stereocenters. The molecular formula is C13H14N2O6. The van der Waals surface area contributed by atoms with Crippen molar-refractivity contribution >= 4 is 17.8 Å². The van der Waals surface area contributed by atoms with E-state index in [4.69, 9.17) is 14.6 Å². The number of rotatable bonds is 4. The van der Waals surface area contributed by atoms with Gasteiger partial charge in [0.1, 0.15) is 11.5 Å². The van der Waals surface area contributed by atoms with Crippen molar-refractivity contribution in [3.05, 3.63) is 23.8 Å². The summed E-state index contributed by atoms with van der Waals surface area (Å²) in [7, 11) is 0. The van der Waals surface area contributed by atoms with Gasteiger partial charge in [0, 0.05) is 19.4 Å². The number of fused-ring (bicyclic) bond motifs is 1. The van der Waals surface area contributed by atoms with E-state index in [1.54, 1.807) is 12.1 Å². The van der Waals surface area contributed by atoms with Gasteiger partial charge >= 0.3 is 5.97 Å². The summed E-state index contributed by atoms with van der Waals surface area (Å²) in [5.74, 6) is -1.13. The molecule has 0 radical (unpaired) electrons. The average Bonchev–Trinajstić information content (AvgIpc) is 2.86. The minimum Gasteiger partial charge on any atom is -0.484 e. The van der Waals surface area contributed by atoms with Crippen molar-refractivity contribution in [1.29, 1.82) is 0 Å². The van der Waals surface area contributed by atoms with Crippen LogP contribution in [-0.2, 0) is 20.8 Å². The zero-order valence-corrected chi connectivity index (χ0v) is 11.2. The third-order valence-corrected chi connectivity index (χ3v) is 2.74. The number of amides is 2. The smallest absolute Gasteiger partial charge is 0.345 e. The fourth-order valence-corrected chi connectivity index (χ4v) is 1.78. The first-order chi connectivity index (χ1) is 9.95. The molecule has 1 aromatic carbocycles. The summed E-state index contributed by atoms with van der Waals surface area (Å²) in [6.07, 6.45) is -0.591. The van der Waals surface area contributed by atoms with Crippen LogP contribution in [0.25, 0.3) is 0 Å². The van der Waals surface area contributed by atoms with Crippen LogP contribution >= 0.6 is 0 Å². The molecule has 0 spiro atoms. The van der Waals surface area contributed by atoms with Crippen LogP contribution in [0.2, 0.25) is 0 Å². The first-order valence-electron chi connectivity index (χ1n) is 6.16. The van der Waals surface area contributed by atoms with E-state index in [0.717, 1.165) is 5.56 Å². The van der Waals surface area contributed by atoms with Crippen molar-refractivity contribution in [2.45, 2.75) is 19.4 Å². The van der Waals surface area contributed by atoms with Crippen LogP contribution in [0.1, 0.15) is 12.5 Å². The van der Waals surface area contributed by atoms with E-state index < -0.39 is 23.9 Å². The Morgan fingerprint density at radius 2 is 2.14 bits per heavy atom. The number of hydrazine groups is 1. The monoisotopic (exact) mass is 294 g/mol. The molecule has 1 aromatic rings. The van der Waals surface area contributed by atoms with Crippen LogP contribution < -0.4 is 20.3 Å². The van der Waals surface area contributed by atoms with Crippen molar-refractivity contribution < 1.29 is 29.0 Å². The number of carbonyl (C=O) groups is 3. The highest BCUT2D eigenvalue weighted by Gasteiger charge is 2.28. The summed E-state index contributed by atoms with van der Waals surface area (Å²) in [6.45, 7) is 0.971. The predicted molar refractivity (Wildman–Crippen MR) is 69.7 cm³/mol. The molecule has 0 saturated heterocycles. The van der Waals surface area contributed by atoms with Crippen LogP contribution in [0.5, 0.6) is 11.5 Å². The minimum absolute atomic E-state index is 0.290. The highest BCUT2D eigenvalue weighted by Crippen LogP contribution is 2.32. The molecular weight excluding hydrogens is 280 g/mol. The van der Waals surface area contributed by atoms with Crippen LogP contribution in [0.15, 0.2) is 18.2 Å². The molecule has 1 atom stereocenters. The number of benzene rings is 1. The average molecular weight is 294 g/mol. The lowest BCUT2D eigenvalue weighted by Gasteiger charge is -2.08. The van der Waals surface area contributed by atoms with Crippen molar-refractivity contribution in [3.8, 4) is 11.5 Å². The maximum atomic E-state index is 11.3. The fourth-order valence-electron chi connectivity index (χ4n) is 1.78. The lowest BCUT2D eigenvalue weighted by molar-refractivity contribution is -0.144. The van der Waals surface area contributed by atoms with Gasteiger partial charge in [0.05, 0.1) is 0 Å². The van der Waals surface area contributed by atoms with Crippen molar-refractivity contribution in [1.82, 2.24) is 10.9 Å². The molecule has 8 heteroatoms. The van der Waals surface area contributed by atoms with Crippen LogP contribution in [0.4, 0.5) is 0 Å². The first kappa shape index (κ1) is 14.6. The Labute approximate surface area is 120 Å². The second-order valence-electron chi connectivity index (χ2n) is 4.44. The highest BCUT2D eigenvalue weighted by atomic mass is 16.5. The molecule has 0 bridgehead atoms. The van der Waals surface area contributed by atoms with E-state index in [9.17, 15) is 14.4 Å². The number of carboxylic acid groups (broad SMARTS) is 1. The van der Waals surface area contributed by atoms with Gasteiger partial charge in [-0.2, -0.15) is 0 Å². The molecule has 3 N–H and O–H groups in total. The van der Waals surface area contributed by atoms with E-state index in [-0.39, 0.29) is 6.61 Å². The summed E-state index contributed by atoms with van der Waals surface area (Å²) >= 11 is 0. The van der Waals surface area contributed by atoms with Crippen molar-refractivity contribution in [2.75, 3.05) is 6.61 Å². The van der Waals surface area contributed by atoms with Gasteiger partial charge in [-0.05, 0) is 11.6 Å². The Bertz CT molecular complexity index is 586. The van der Waals surface area contributed by atoms with Gasteiger partial charge < -0.3 is 14.6 Å². The van der Waals surface area contributed by atoms with Gasteiger partial charge in [-0.25, -0.2) is 4.79 Å². The van der Waals surface area contributed by atoms with Gasteiger partial charge in [-0.15, -0.1) is 0 Å². The summed E-state index contributed by atoms with van der Waals surface area (Å²) < 4.78 is 10.5. The SMILES string of the molecule is CC(=O)NNC(=O)COc1ccc2c(c1)OC(C(=O)O)C2. The zero-order valence-electron chi connectivity index (χ0n) is 11.2. The van der Waals surface area contributed by atoms with E-state index >= 15 is 0 Å². The predicted octanol–water partition coefficient (Wildman–Crippen LogP) is -0.379. The largest absolute Gasteiger partial charge is 0.484 e. The second-order valence-corrected chi connectivity index (χ2v) is 4.44. The standard InChI is InChI=1S/C13H14N2O6/c1-7(16)14-15-12(17)6-20-9-3-2-8-4-11(13(18)19)21-10(8)5-9/h2-3,5,11H,4,6H2,1H3,(H,14,16)(H,15,17)(H,18,19). The van der Waals surface area contributed by atoms with Crippen molar-refractivity contribution in [3.63, 3.8) is 0 Å². The van der Waals surface area contributed by atoms with Crippen molar-refractivity contribution in [2.24, 2.45) is 0 Å². The van der Waals surface area contributed by atoms with E-state index in [1.807, 2.05) is 0 Å². The molecule has 0 fully saturated rings. The highest BCUT2D eigenvalue weighted by molar-refractivity contribution is 5.81. The Morgan fingerprint density at radius 1 is 1.38 bits per heavy atom. The Kier molecular flexibility index (Phi) is 4.27. The van der Waals surface area contributed by atoms with Gasteiger partial charge in [0.15, 0.2) is 12.7 Å². The molecule has 0 aliphatic carbocycles. The number of hydrogen-bond acceptors (Lipinski definition) is 5. The second kappa shape index (κ2) is 6.12. The lowest BCUT2D eigenvalue weighted by Crippen LogP contribution is -2.42. The fraction of sp³-hybridized carbons (Fsp3) is 0.308. The Balaban J connectivity index is 1.89. The van der Waals surface area contributed by atoms with E-state index in [1.165, 1.54) is 13.0 Å². The molecule has 1 heterocycles. The van der Waals surface area contributed by atoms with E-state index in [0.29, 0.717) is 17.9 Å². The zero-order chi connectivity index (χ0) is 15.4. The maximum Gasteiger partial charge on any atom is 0.345 e. The number of carbonyl (C=O) groups excluding carboxylic acids is 2. The van der Waals surface area contributed by atoms with Crippen LogP contribution in [-0.4, -0.2) is 35.6 Å². The normalized spacial score (nSPS) is 15.6. The van der Waals surface area contributed by atoms with Gasteiger partial charge in [0.2, 0.25) is 5.91 Å². The molecule has 112 valence electrons. The Hall–Kier alpha value is -2.77. The summed E-state index contributed by atoms with van der Waals surface area (Å²) in [6, 6.07) is 4.85. The van der Waals surface area contributed by atoms with Gasteiger partial charge in [-0.3, -0.25) is 20.4 Å². The first-order valence-corrected chi connectivity index (χ1v) is 6.16. The third kappa shape index (κ3) is 3.85. The van der Waals surface area contributed by atoms with E-state index in [2.05, 4.69) is 10.9 Å². The Morgan fingerprint density at radius 3 is 2.81 bits per heavy atom. The van der Waals surface area contributed by atoms with Crippen LogP contribution in [0, 0.1) is 0 Å². The minimum atomic E-state index is -1.02. The lowest BCUT2D eigenvalue weighted by atomic mass is 10.1. The summed E-state index contributed by atoms with van der Waals surface area (Å²) in [5, 5.41) is 8.89. The quantitative estimate of drug-likeness (QED) is 0.652. The molecule has 2 amide bonds. The topological polar surface area (TPSA) is 114 Å². The van der Waals surface area contributed by atoms with Crippen LogP contribution in [0.3, 0.4) is 0 Å². The molecule has 0 saturated carbocycles. The van der Waals surface area contributed by atoms with Gasteiger partial charge in [-0.1, -0.05) is 6.07 Å². The summed E-state index contributed by atoms with van der Waals surface area (Å²) in [4.78, 5) is 32.8. The number of nitrogens with one attached hydrogen (secondary N) is 2. The third-order valence-electron chi connectivity index (χ3n) is 2.74.